The quantitative estimate of drug-likeness (QED) is 0.940. The van der Waals surface area contributed by atoms with Gasteiger partial charge in [-0.3, -0.25) is 4.79 Å². The van der Waals surface area contributed by atoms with Crippen molar-refractivity contribution in [3.05, 3.63) is 51.0 Å². The van der Waals surface area contributed by atoms with Crippen molar-refractivity contribution in [3.8, 4) is 0 Å². The number of amides is 1. The topological polar surface area (TPSA) is 42.0 Å². The molecule has 3 nitrogen and oxygen atoms in total. The number of halogens is 2. The van der Waals surface area contributed by atoms with Crippen LogP contribution in [0.1, 0.15) is 25.9 Å². The Hall–Kier alpha value is -1.82. The van der Waals surface area contributed by atoms with Crippen molar-refractivity contribution < 1.29 is 13.6 Å². The van der Waals surface area contributed by atoms with Crippen LogP contribution in [0.4, 0.5) is 8.78 Å². The van der Waals surface area contributed by atoms with E-state index in [9.17, 15) is 13.6 Å². The second-order valence-corrected chi connectivity index (χ2v) is 5.34. The maximum atomic E-state index is 13.4. The van der Waals surface area contributed by atoms with Crippen LogP contribution in [0.5, 0.6) is 0 Å². The number of aromatic nitrogens is 1. The lowest BCUT2D eigenvalue weighted by atomic mass is 10.2. The molecule has 0 fully saturated rings. The molecule has 0 unspecified atom stereocenters. The van der Waals surface area contributed by atoms with Crippen LogP contribution in [0.15, 0.2) is 18.2 Å². The predicted molar refractivity (Wildman–Crippen MR) is 69.1 cm³/mol. The van der Waals surface area contributed by atoms with E-state index in [1.807, 2.05) is 13.8 Å². The molecule has 19 heavy (non-hydrogen) atoms. The van der Waals surface area contributed by atoms with Gasteiger partial charge in [-0.05, 0) is 26.0 Å². The summed E-state index contributed by atoms with van der Waals surface area (Å²) in [6.45, 7) is 4.01. The summed E-state index contributed by atoms with van der Waals surface area (Å²) in [4.78, 5) is 16.9. The van der Waals surface area contributed by atoms with Gasteiger partial charge in [-0.2, -0.15) is 0 Å². The SMILES string of the molecule is Cc1nc(C)c(CNC(=O)c2ccc(F)cc2F)s1. The van der Waals surface area contributed by atoms with Crippen molar-refractivity contribution in [2.75, 3.05) is 0 Å². The monoisotopic (exact) mass is 282 g/mol. The lowest BCUT2D eigenvalue weighted by Crippen LogP contribution is -2.23. The molecule has 1 aromatic carbocycles. The average Bonchev–Trinajstić information content (AvgIpc) is 2.65. The summed E-state index contributed by atoms with van der Waals surface area (Å²) >= 11 is 1.48. The van der Waals surface area contributed by atoms with Crippen molar-refractivity contribution in [2.24, 2.45) is 0 Å². The summed E-state index contributed by atoms with van der Waals surface area (Å²) < 4.78 is 26.1. The minimum atomic E-state index is -0.866. The smallest absolute Gasteiger partial charge is 0.254 e. The first-order valence-corrected chi connectivity index (χ1v) is 6.45. The Morgan fingerprint density at radius 2 is 2.11 bits per heavy atom. The molecule has 0 saturated carbocycles. The molecule has 1 N–H and O–H groups in total. The maximum Gasteiger partial charge on any atom is 0.254 e. The predicted octanol–water partition coefficient (Wildman–Crippen LogP) is 2.97. The molecule has 2 aromatic rings. The molecule has 0 spiro atoms. The number of hydrogen-bond donors (Lipinski definition) is 1. The Labute approximate surface area is 113 Å². The zero-order valence-electron chi connectivity index (χ0n) is 10.5. The fraction of sp³-hybridized carbons (Fsp3) is 0.231. The number of nitrogens with zero attached hydrogens (tertiary/aromatic N) is 1. The number of carbonyl (C=O) groups excluding carboxylic acids is 1. The van der Waals surface area contributed by atoms with E-state index in [1.165, 1.54) is 11.3 Å². The number of hydrogen-bond acceptors (Lipinski definition) is 3. The average molecular weight is 282 g/mol. The van der Waals surface area contributed by atoms with Crippen LogP contribution < -0.4 is 5.32 Å². The van der Waals surface area contributed by atoms with Crippen molar-refractivity contribution in [3.63, 3.8) is 0 Å². The highest BCUT2D eigenvalue weighted by Gasteiger charge is 2.13. The molecule has 0 bridgehead atoms. The highest BCUT2D eigenvalue weighted by Crippen LogP contribution is 2.17. The molecule has 0 aliphatic rings. The van der Waals surface area contributed by atoms with Crippen molar-refractivity contribution >= 4 is 17.2 Å². The summed E-state index contributed by atoms with van der Waals surface area (Å²) in [6, 6.07) is 2.88. The summed E-state index contributed by atoms with van der Waals surface area (Å²) in [7, 11) is 0. The highest BCUT2D eigenvalue weighted by molar-refractivity contribution is 7.11. The number of rotatable bonds is 3. The van der Waals surface area contributed by atoms with Gasteiger partial charge < -0.3 is 5.32 Å². The van der Waals surface area contributed by atoms with Gasteiger partial charge in [0.2, 0.25) is 0 Å². The minimum Gasteiger partial charge on any atom is -0.347 e. The first kappa shape index (κ1) is 13.6. The molecule has 1 aromatic heterocycles. The van der Waals surface area contributed by atoms with E-state index in [0.717, 1.165) is 27.7 Å². The Kier molecular flexibility index (Phi) is 3.90. The Morgan fingerprint density at radius 3 is 2.68 bits per heavy atom. The molecule has 0 radical (unpaired) electrons. The van der Waals surface area contributed by atoms with Gasteiger partial charge in [-0.1, -0.05) is 0 Å². The van der Waals surface area contributed by atoms with E-state index in [4.69, 9.17) is 0 Å². The molecule has 1 amide bonds. The van der Waals surface area contributed by atoms with Gasteiger partial charge in [-0.15, -0.1) is 11.3 Å². The fourth-order valence-corrected chi connectivity index (χ4v) is 2.54. The normalized spacial score (nSPS) is 10.5. The summed E-state index contributed by atoms with van der Waals surface area (Å²) in [5.74, 6) is -2.14. The van der Waals surface area contributed by atoms with Crippen LogP contribution in [0.25, 0.3) is 0 Å². The maximum absolute atomic E-state index is 13.4. The number of carbonyl (C=O) groups is 1. The van der Waals surface area contributed by atoms with Crippen molar-refractivity contribution in [1.82, 2.24) is 10.3 Å². The van der Waals surface area contributed by atoms with Crippen LogP contribution in [-0.2, 0) is 6.54 Å². The zero-order valence-corrected chi connectivity index (χ0v) is 11.3. The molecule has 100 valence electrons. The number of benzene rings is 1. The highest BCUT2D eigenvalue weighted by atomic mass is 32.1. The summed E-state index contributed by atoms with van der Waals surface area (Å²) in [5, 5.41) is 3.51. The van der Waals surface area contributed by atoms with Gasteiger partial charge in [-0.25, -0.2) is 13.8 Å². The second-order valence-electron chi connectivity index (χ2n) is 4.05. The van der Waals surface area contributed by atoms with E-state index in [1.54, 1.807) is 0 Å². The standard InChI is InChI=1S/C13H12F2N2OS/c1-7-12(19-8(2)17-7)6-16-13(18)10-4-3-9(14)5-11(10)15/h3-5H,6H2,1-2H3,(H,16,18). The lowest BCUT2D eigenvalue weighted by Gasteiger charge is -2.05. The summed E-state index contributed by atoms with van der Waals surface area (Å²) in [5.41, 5.74) is 0.683. The second kappa shape index (κ2) is 5.44. The minimum absolute atomic E-state index is 0.166. The van der Waals surface area contributed by atoms with E-state index < -0.39 is 17.5 Å². The van der Waals surface area contributed by atoms with Crippen LogP contribution in [0.2, 0.25) is 0 Å². The molecule has 1 heterocycles. The summed E-state index contributed by atoms with van der Waals surface area (Å²) in [6.07, 6.45) is 0. The Balaban J connectivity index is 2.07. The molecule has 0 saturated heterocycles. The first-order chi connectivity index (χ1) is 8.97. The van der Waals surface area contributed by atoms with Gasteiger partial charge in [0.1, 0.15) is 11.6 Å². The number of aryl methyl sites for hydroxylation is 2. The van der Waals surface area contributed by atoms with Crippen molar-refractivity contribution in [2.45, 2.75) is 20.4 Å². The number of nitrogens with one attached hydrogen (secondary N) is 1. The first-order valence-electron chi connectivity index (χ1n) is 5.63. The third kappa shape index (κ3) is 3.14. The van der Waals surface area contributed by atoms with E-state index in [0.29, 0.717) is 6.07 Å². The molecular weight excluding hydrogens is 270 g/mol. The molecular formula is C13H12F2N2OS. The third-order valence-corrected chi connectivity index (χ3v) is 3.66. The van der Waals surface area contributed by atoms with Gasteiger partial charge in [0.15, 0.2) is 0 Å². The third-order valence-electron chi connectivity index (χ3n) is 2.58. The van der Waals surface area contributed by atoms with Gasteiger partial charge in [0.05, 0.1) is 22.8 Å². The Bertz CT molecular complexity index is 625. The van der Waals surface area contributed by atoms with Gasteiger partial charge in [0, 0.05) is 10.9 Å². The molecule has 2 rings (SSSR count). The van der Waals surface area contributed by atoms with E-state index in [-0.39, 0.29) is 12.1 Å². The molecule has 0 aliphatic heterocycles. The fourth-order valence-electron chi connectivity index (χ4n) is 1.67. The molecule has 0 atom stereocenters. The van der Waals surface area contributed by atoms with E-state index >= 15 is 0 Å². The molecule has 0 aliphatic carbocycles. The number of thiazole rings is 1. The van der Waals surface area contributed by atoms with Crippen LogP contribution in [-0.4, -0.2) is 10.9 Å². The van der Waals surface area contributed by atoms with Crippen LogP contribution >= 0.6 is 11.3 Å². The van der Waals surface area contributed by atoms with Crippen LogP contribution in [0, 0.1) is 25.5 Å². The van der Waals surface area contributed by atoms with Crippen molar-refractivity contribution in [1.29, 1.82) is 0 Å². The molecule has 6 heteroatoms. The van der Waals surface area contributed by atoms with Crippen LogP contribution in [0.3, 0.4) is 0 Å². The van der Waals surface area contributed by atoms with Gasteiger partial charge >= 0.3 is 0 Å². The zero-order chi connectivity index (χ0) is 14.0. The van der Waals surface area contributed by atoms with E-state index in [2.05, 4.69) is 10.3 Å². The van der Waals surface area contributed by atoms with Gasteiger partial charge in [0.25, 0.3) is 5.91 Å². The largest absolute Gasteiger partial charge is 0.347 e. The Morgan fingerprint density at radius 1 is 1.37 bits per heavy atom. The lowest BCUT2D eigenvalue weighted by molar-refractivity contribution is 0.0947.